The van der Waals surface area contributed by atoms with Crippen LogP contribution in [0.15, 0.2) is 18.2 Å². The highest BCUT2D eigenvalue weighted by Crippen LogP contribution is 2.30. The Hall–Kier alpha value is -1.89. The summed E-state index contributed by atoms with van der Waals surface area (Å²) in [6.07, 6.45) is 3.43. The maximum Gasteiger partial charge on any atom is 0.242 e. The zero-order valence-corrected chi connectivity index (χ0v) is 14.9. The van der Waals surface area contributed by atoms with Crippen LogP contribution in [0.4, 0.5) is 0 Å². The van der Waals surface area contributed by atoms with E-state index in [1.165, 1.54) is 6.92 Å². The third-order valence-corrected chi connectivity index (χ3v) is 4.23. The van der Waals surface area contributed by atoms with Crippen molar-refractivity contribution < 1.29 is 19.1 Å². The van der Waals surface area contributed by atoms with E-state index in [2.05, 4.69) is 10.6 Å². The first-order valence-corrected chi connectivity index (χ1v) is 9.42. The Morgan fingerprint density at radius 1 is 1.25 bits per heavy atom. The minimum atomic E-state index is -0.504. The number of thioether (sulfide) groups is 1. The summed E-state index contributed by atoms with van der Waals surface area (Å²) in [5.74, 6) is 1.87. The Morgan fingerprint density at radius 2 is 2.00 bits per heavy atom. The molecule has 6 nitrogen and oxygen atoms in total. The number of carbonyl (C=O) groups excluding carboxylic acids is 2. The average molecular weight is 352 g/mol. The van der Waals surface area contributed by atoms with Gasteiger partial charge in [0, 0.05) is 19.9 Å². The topological polar surface area (TPSA) is 76.7 Å². The lowest BCUT2D eigenvalue weighted by Gasteiger charge is -2.17. The van der Waals surface area contributed by atoms with Gasteiger partial charge in [0.15, 0.2) is 11.5 Å². The van der Waals surface area contributed by atoms with E-state index in [0.717, 1.165) is 23.5 Å². The van der Waals surface area contributed by atoms with E-state index in [4.69, 9.17) is 9.47 Å². The number of rotatable bonds is 7. The molecule has 7 heteroatoms. The van der Waals surface area contributed by atoms with Crippen molar-refractivity contribution in [2.24, 2.45) is 0 Å². The highest BCUT2D eigenvalue weighted by atomic mass is 32.2. The SMILES string of the molecule is CSCC[C@H](NC(C)=O)C(=O)NCc1ccc2c(c1)OCCCO2. The molecule has 0 fully saturated rings. The van der Waals surface area contributed by atoms with Gasteiger partial charge >= 0.3 is 0 Å². The molecule has 2 rings (SSSR count). The summed E-state index contributed by atoms with van der Waals surface area (Å²) < 4.78 is 11.2. The first kappa shape index (κ1) is 18.4. The van der Waals surface area contributed by atoms with Crippen molar-refractivity contribution >= 4 is 23.6 Å². The molecule has 1 heterocycles. The van der Waals surface area contributed by atoms with E-state index in [-0.39, 0.29) is 11.8 Å². The largest absolute Gasteiger partial charge is 0.490 e. The molecule has 0 spiro atoms. The Balaban J connectivity index is 1.94. The van der Waals surface area contributed by atoms with E-state index in [9.17, 15) is 9.59 Å². The van der Waals surface area contributed by atoms with Crippen molar-refractivity contribution in [3.05, 3.63) is 23.8 Å². The number of hydrogen-bond donors (Lipinski definition) is 2. The normalized spacial score (nSPS) is 14.4. The number of ether oxygens (including phenoxy) is 2. The van der Waals surface area contributed by atoms with Crippen molar-refractivity contribution in [1.82, 2.24) is 10.6 Å². The minimum absolute atomic E-state index is 0.175. The number of benzene rings is 1. The van der Waals surface area contributed by atoms with Crippen molar-refractivity contribution in [3.63, 3.8) is 0 Å². The van der Waals surface area contributed by atoms with Gasteiger partial charge in [-0.25, -0.2) is 0 Å². The standard InChI is InChI=1S/C17H24N2O4S/c1-12(20)19-14(6-9-24-2)17(21)18-11-13-4-5-15-16(10-13)23-8-3-7-22-15/h4-5,10,14H,3,6-9,11H2,1-2H3,(H,18,21)(H,19,20)/t14-/m0/s1. The van der Waals surface area contributed by atoms with Crippen LogP contribution in [-0.2, 0) is 16.1 Å². The number of fused-ring (bicyclic) bond motifs is 1. The van der Waals surface area contributed by atoms with Crippen LogP contribution in [0.3, 0.4) is 0 Å². The van der Waals surface area contributed by atoms with Gasteiger partial charge in [-0.05, 0) is 36.1 Å². The van der Waals surface area contributed by atoms with E-state index in [0.29, 0.717) is 31.9 Å². The molecule has 0 bridgehead atoms. The molecule has 1 aromatic rings. The lowest BCUT2D eigenvalue weighted by molar-refractivity contribution is -0.128. The quantitative estimate of drug-likeness (QED) is 0.781. The molecule has 24 heavy (non-hydrogen) atoms. The highest BCUT2D eigenvalue weighted by molar-refractivity contribution is 7.98. The molecule has 0 radical (unpaired) electrons. The Bertz CT molecular complexity index is 580. The van der Waals surface area contributed by atoms with Crippen LogP contribution in [0.1, 0.15) is 25.3 Å². The average Bonchev–Trinajstić information content (AvgIpc) is 2.80. The molecule has 2 N–H and O–H groups in total. The van der Waals surface area contributed by atoms with E-state index in [1.807, 2.05) is 24.5 Å². The van der Waals surface area contributed by atoms with Crippen molar-refractivity contribution in [2.45, 2.75) is 32.4 Å². The second-order valence-electron chi connectivity index (χ2n) is 5.58. The fraction of sp³-hybridized carbons (Fsp3) is 0.529. The lowest BCUT2D eigenvalue weighted by atomic mass is 10.1. The Morgan fingerprint density at radius 3 is 2.71 bits per heavy atom. The summed E-state index contributed by atoms with van der Waals surface area (Å²) in [5.41, 5.74) is 0.930. The zero-order valence-electron chi connectivity index (χ0n) is 14.1. The van der Waals surface area contributed by atoms with Gasteiger partial charge in [-0.3, -0.25) is 9.59 Å². The third-order valence-electron chi connectivity index (χ3n) is 3.58. The van der Waals surface area contributed by atoms with Crippen molar-refractivity contribution in [1.29, 1.82) is 0 Å². The zero-order chi connectivity index (χ0) is 17.4. The van der Waals surface area contributed by atoms with E-state index >= 15 is 0 Å². The van der Waals surface area contributed by atoms with Crippen molar-refractivity contribution in [3.8, 4) is 11.5 Å². The molecule has 1 atom stereocenters. The van der Waals surface area contributed by atoms with Crippen LogP contribution in [-0.4, -0.2) is 43.1 Å². The second kappa shape index (κ2) is 9.42. The van der Waals surface area contributed by atoms with Gasteiger partial charge in [0.1, 0.15) is 6.04 Å². The minimum Gasteiger partial charge on any atom is -0.490 e. The Labute approximate surface area is 146 Å². The first-order valence-electron chi connectivity index (χ1n) is 8.02. The van der Waals surface area contributed by atoms with Crippen LogP contribution >= 0.6 is 11.8 Å². The summed E-state index contributed by atoms with van der Waals surface area (Å²) in [6.45, 7) is 3.08. The monoisotopic (exact) mass is 352 g/mol. The molecule has 0 saturated carbocycles. The maximum absolute atomic E-state index is 12.3. The summed E-state index contributed by atoms with van der Waals surface area (Å²) in [6, 6.07) is 5.15. The molecule has 0 unspecified atom stereocenters. The summed E-state index contributed by atoms with van der Waals surface area (Å²) in [4.78, 5) is 23.6. The van der Waals surface area contributed by atoms with Crippen LogP contribution in [0, 0.1) is 0 Å². The first-order chi connectivity index (χ1) is 11.6. The van der Waals surface area contributed by atoms with Gasteiger partial charge in [0.2, 0.25) is 11.8 Å². The molecule has 0 aromatic heterocycles. The van der Waals surface area contributed by atoms with Gasteiger partial charge in [-0.1, -0.05) is 6.07 Å². The summed E-state index contributed by atoms with van der Waals surface area (Å²) in [5, 5.41) is 5.58. The maximum atomic E-state index is 12.3. The number of hydrogen-bond acceptors (Lipinski definition) is 5. The molecule has 1 aliphatic heterocycles. The molecule has 132 valence electrons. The predicted octanol–water partition coefficient (Wildman–Crippen LogP) is 1.72. The number of amides is 2. The summed E-state index contributed by atoms with van der Waals surface area (Å²) in [7, 11) is 0. The smallest absolute Gasteiger partial charge is 0.242 e. The molecule has 1 aromatic carbocycles. The van der Waals surface area contributed by atoms with Gasteiger partial charge in [-0.2, -0.15) is 11.8 Å². The molecular weight excluding hydrogens is 328 g/mol. The van der Waals surface area contributed by atoms with Gasteiger partial charge in [-0.15, -0.1) is 0 Å². The Kier molecular flexibility index (Phi) is 7.24. The summed E-state index contributed by atoms with van der Waals surface area (Å²) >= 11 is 1.64. The van der Waals surface area contributed by atoms with Crippen LogP contribution in [0.5, 0.6) is 11.5 Å². The fourth-order valence-electron chi connectivity index (χ4n) is 2.38. The van der Waals surface area contributed by atoms with Gasteiger partial charge in [0.05, 0.1) is 13.2 Å². The second-order valence-corrected chi connectivity index (χ2v) is 6.57. The van der Waals surface area contributed by atoms with Crippen LogP contribution < -0.4 is 20.1 Å². The number of carbonyl (C=O) groups is 2. The fourth-order valence-corrected chi connectivity index (χ4v) is 2.85. The van der Waals surface area contributed by atoms with Crippen molar-refractivity contribution in [2.75, 3.05) is 25.2 Å². The van der Waals surface area contributed by atoms with Crippen LogP contribution in [0.2, 0.25) is 0 Å². The predicted molar refractivity (Wildman–Crippen MR) is 94.5 cm³/mol. The molecule has 1 aliphatic rings. The van der Waals surface area contributed by atoms with Gasteiger partial charge in [0.25, 0.3) is 0 Å². The van der Waals surface area contributed by atoms with E-state index < -0.39 is 6.04 Å². The molecule has 2 amide bonds. The third kappa shape index (κ3) is 5.63. The highest BCUT2D eigenvalue weighted by Gasteiger charge is 2.19. The molecule has 0 saturated heterocycles. The number of nitrogens with one attached hydrogen (secondary N) is 2. The van der Waals surface area contributed by atoms with Crippen LogP contribution in [0.25, 0.3) is 0 Å². The van der Waals surface area contributed by atoms with Gasteiger partial charge < -0.3 is 20.1 Å². The van der Waals surface area contributed by atoms with E-state index in [1.54, 1.807) is 11.8 Å². The molecule has 0 aliphatic carbocycles. The molecular formula is C17H24N2O4S. The lowest BCUT2D eigenvalue weighted by Crippen LogP contribution is -2.46.